The van der Waals surface area contributed by atoms with E-state index in [1.54, 1.807) is 4.90 Å². The van der Waals surface area contributed by atoms with E-state index in [1.807, 2.05) is 0 Å². The first-order chi connectivity index (χ1) is 7.69. The Hall–Kier alpha value is -1.14. The molecule has 92 valence electrons. The van der Waals surface area contributed by atoms with Gasteiger partial charge in [-0.3, -0.25) is 9.59 Å². The number of ether oxygens (including phenoxy) is 2. The zero-order valence-corrected chi connectivity index (χ0v) is 9.48. The molecule has 2 N–H and O–H groups in total. The van der Waals surface area contributed by atoms with E-state index in [-0.39, 0.29) is 24.2 Å². The lowest BCUT2D eigenvalue weighted by atomic mass is 10.1. The Morgan fingerprint density at radius 1 is 1.56 bits per heavy atom. The van der Waals surface area contributed by atoms with E-state index in [0.29, 0.717) is 32.8 Å². The third-order valence-electron chi connectivity index (χ3n) is 2.52. The van der Waals surface area contributed by atoms with Crippen LogP contribution in [0.1, 0.15) is 6.42 Å². The van der Waals surface area contributed by atoms with Gasteiger partial charge in [-0.1, -0.05) is 0 Å². The van der Waals surface area contributed by atoms with Gasteiger partial charge in [-0.15, -0.1) is 0 Å². The smallest absolute Gasteiger partial charge is 0.310 e. The molecule has 1 rings (SSSR count). The SMILES string of the molecule is COC(=O)C1CC(=O)N(CCOCCN)C1. The third-order valence-corrected chi connectivity index (χ3v) is 2.52. The molecule has 0 aromatic rings. The molecule has 1 aliphatic rings. The Balaban J connectivity index is 2.28. The number of nitrogens with two attached hydrogens (primary N) is 1. The van der Waals surface area contributed by atoms with Gasteiger partial charge < -0.3 is 20.1 Å². The average molecular weight is 230 g/mol. The highest BCUT2D eigenvalue weighted by Crippen LogP contribution is 2.18. The van der Waals surface area contributed by atoms with Crippen LogP contribution in [-0.4, -0.2) is 56.7 Å². The molecule has 1 unspecified atom stereocenters. The van der Waals surface area contributed by atoms with E-state index in [0.717, 1.165) is 0 Å². The minimum absolute atomic E-state index is 0.0215. The van der Waals surface area contributed by atoms with Gasteiger partial charge in [0.25, 0.3) is 0 Å². The lowest BCUT2D eigenvalue weighted by molar-refractivity contribution is -0.145. The molecule has 16 heavy (non-hydrogen) atoms. The Morgan fingerprint density at radius 3 is 2.94 bits per heavy atom. The molecule has 0 radical (unpaired) electrons. The highest BCUT2D eigenvalue weighted by molar-refractivity contribution is 5.86. The standard InChI is InChI=1S/C10H18N2O4/c1-15-10(14)8-6-9(13)12(7-8)3-5-16-4-2-11/h8H,2-7,11H2,1H3. The van der Waals surface area contributed by atoms with Crippen molar-refractivity contribution in [2.75, 3.05) is 40.0 Å². The molecule has 0 aliphatic carbocycles. The van der Waals surface area contributed by atoms with Crippen LogP contribution in [0.4, 0.5) is 0 Å². The summed E-state index contributed by atoms with van der Waals surface area (Å²) >= 11 is 0. The Labute approximate surface area is 94.7 Å². The zero-order chi connectivity index (χ0) is 12.0. The first kappa shape index (κ1) is 12.9. The lowest BCUT2D eigenvalue weighted by Gasteiger charge is -2.15. The van der Waals surface area contributed by atoms with Crippen LogP contribution in [0.2, 0.25) is 0 Å². The summed E-state index contributed by atoms with van der Waals surface area (Å²) in [6.07, 6.45) is 0.240. The zero-order valence-electron chi connectivity index (χ0n) is 9.48. The third kappa shape index (κ3) is 3.46. The molecule has 0 aromatic carbocycles. The number of rotatable bonds is 6. The average Bonchev–Trinajstić information content (AvgIpc) is 2.65. The maximum absolute atomic E-state index is 11.5. The molecular formula is C10H18N2O4. The summed E-state index contributed by atoms with van der Waals surface area (Å²) in [7, 11) is 1.33. The first-order valence-electron chi connectivity index (χ1n) is 5.32. The van der Waals surface area contributed by atoms with Crippen molar-refractivity contribution in [3.63, 3.8) is 0 Å². The number of esters is 1. The van der Waals surface area contributed by atoms with Gasteiger partial charge in [0.2, 0.25) is 5.91 Å². The summed E-state index contributed by atoms with van der Waals surface area (Å²) < 4.78 is 9.79. The Morgan fingerprint density at radius 2 is 2.31 bits per heavy atom. The van der Waals surface area contributed by atoms with E-state index in [9.17, 15) is 9.59 Å². The van der Waals surface area contributed by atoms with Crippen LogP contribution in [0.25, 0.3) is 0 Å². The van der Waals surface area contributed by atoms with Gasteiger partial charge >= 0.3 is 5.97 Å². The highest BCUT2D eigenvalue weighted by Gasteiger charge is 2.34. The molecule has 1 fully saturated rings. The van der Waals surface area contributed by atoms with Gasteiger partial charge in [-0.05, 0) is 0 Å². The van der Waals surface area contributed by atoms with Crippen molar-refractivity contribution in [1.29, 1.82) is 0 Å². The molecule has 1 aliphatic heterocycles. The normalized spacial score (nSPS) is 20.2. The van der Waals surface area contributed by atoms with Crippen molar-refractivity contribution in [2.45, 2.75) is 6.42 Å². The van der Waals surface area contributed by atoms with Crippen LogP contribution >= 0.6 is 0 Å². The second kappa shape index (κ2) is 6.44. The van der Waals surface area contributed by atoms with Gasteiger partial charge in [0, 0.05) is 26.1 Å². The van der Waals surface area contributed by atoms with E-state index in [2.05, 4.69) is 4.74 Å². The molecule has 0 spiro atoms. The monoisotopic (exact) mass is 230 g/mol. The minimum atomic E-state index is -0.327. The number of hydrogen-bond donors (Lipinski definition) is 1. The van der Waals surface area contributed by atoms with Crippen LogP contribution in [0.5, 0.6) is 0 Å². The van der Waals surface area contributed by atoms with Crippen molar-refractivity contribution in [3.05, 3.63) is 0 Å². The van der Waals surface area contributed by atoms with E-state index >= 15 is 0 Å². The van der Waals surface area contributed by atoms with Gasteiger partial charge in [0.1, 0.15) is 0 Å². The summed E-state index contributed by atoms with van der Waals surface area (Å²) in [5, 5.41) is 0. The molecule has 6 nitrogen and oxygen atoms in total. The molecule has 0 aromatic heterocycles. The lowest BCUT2D eigenvalue weighted by Crippen LogP contribution is -2.30. The summed E-state index contributed by atoms with van der Waals surface area (Å²) in [6.45, 7) is 2.35. The second-order valence-corrected chi connectivity index (χ2v) is 3.67. The van der Waals surface area contributed by atoms with Gasteiger partial charge in [-0.2, -0.15) is 0 Å². The number of amides is 1. The summed E-state index contributed by atoms with van der Waals surface area (Å²) in [6, 6.07) is 0. The van der Waals surface area contributed by atoms with Crippen molar-refractivity contribution >= 4 is 11.9 Å². The van der Waals surface area contributed by atoms with E-state index in [1.165, 1.54) is 7.11 Å². The van der Waals surface area contributed by atoms with Crippen LogP contribution in [-0.2, 0) is 19.1 Å². The van der Waals surface area contributed by atoms with Crippen molar-refractivity contribution in [1.82, 2.24) is 4.90 Å². The highest BCUT2D eigenvalue weighted by atomic mass is 16.5. The van der Waals surface area contributed by atoms with Gasteiger partial charge in [0.05, 0.1) is 26.2 Å². The van der Waals surface area contributed by atoms with Gasteiger partial charge in [0.15, 0.2) is 0 Å². The fourth-order valence-corrected chi connectivity index (χ4v) is 1.67. The van der Waals surface area contributed by atoms with Crippen LogP contribution in [0, 0.1) is 5.92 Å². The van der Waals surface area contributed by atoms with Gasteiger partial charge in [-0.25, -0.2) is 0 Å². The molecule has 0 saturated carbocycles. The largest absolute Gasteiger partial charge is 0.469 e. The summed E-state index contributed by atoms with van der Waals surface area (Å²) in [5.74, 6) is -0.669. The molecule has 6 heteroatoms. The summed E-state index contributed by atoms with van der Waals surface area (Å²) in [5.41, 5.74) is 5.26. The minimum Gasteiger partial charge on any atom is -0.469 e. The molecule has 1 atom stereocenters. The number of likely N-dealkylation sites (tertiary alicyclic amines) is 1. The molecule has 1 amide bonds. The van der Waals surface area contributed by atoms with Crippen molar-refractivity contribution < 1.29 is 19.1 Å². The summed E-state index contributed by atoms with van der Waals surface area (Å²) in [4.78, 5) is 24.4. The Bertz CT molecular complexity index is 257. The Kier molecular flexibility index (Phi) is 5.21. The molecule has 1 saturated heterocycles. The fourth-order valence-electron chi connectivity index (χ4n) is 1.67. The molecule has 0 bridgehead atoms. The second-order valence-electron chi connectivity index (χ2n) is 3.67. The van der Waals surface area contributed by atoms with E-state index < -0.39 is 0 Å². The quantitative estimate of drug-likeness (QED) is 0.466. The molecule has 1 heterocycles. The van der Waals surface area contributed by atoms with Crippen LogP contribution in [0.3, 0.4) is 0 Å². The van der Waals surface area contributed by atoms with Crippen molar-refractivity contribution in [2.24, 2.45) is 11.7 Å². The maximum atomic E-state index is 11.5. The number of nitrogens with zero attached hydrogens (tertiary/aromatic N) is 1. The number of carbonyl (C=O) groups excluding carboxylic acids is 2. The van der Waals surface area contributed by atoms with Crippen LogP contribution in [0.15, 0.2) is 0 Å². The topological polar surface area (TPSA) is 81.9 Å². The van der Waals surface area contributed by atoms with Crippen LogP contribution < -0.4 is 5.73 Å². The predicted octanol–water partition coefficient (Wildman–Crippen LogP) is -1.02. The predicted molar refractivity (Wildman–Crippen MR) is 56.6 cm³/mol. The number of hydrogen-bond acceptors (Lipinski definition) is 5. The number of methoxy groups -OCH3 is 1. The van der Waals surface area contributed by atoms with E-state index in [4.69, 9.17) is 10.5 Å². The number of carbonyl (C=O) groups is 2. The van der Waals surface area contributed by atoms with Crippen molar-refractivity contribution in [3.8, 4) is 0 Å². The molecular weight excluding hydrogens is 212 g/mol. The maximum Gasteiger partial charge on any atom is 0.310 e. The fraction of sp³-hybridized carbons (Fsp3) is 0.800. The first-order valence-corrected chi connectivity index (χ1v) is 5.32.